The first-order valence-electron chi connectivity index (χ1n) is 5.26. The van der Waals surface area contributed by atoms with Gasteiger partial charge >= 0.3 is 0 Å². The zero-order valence-corrected chi connectivity index (χ0v) is 10.1. The zero-order chi connectivity index (χ0) is 12.0. The van der Waals surface area contributed by atoms with Gasteiger partial charge in [-0.2, -0.15) is 5.26 Å². The summed E-state index contributed by atoms with van der Waals surface area (Å²) in [5.74, 6) is -0.566. The number of nitriles is 1. The summed E-state index contributed by atoms with van der Waals surface area (Å²) in [5.41, 5.74) is 0.936. The van der Waals surface area contributed by atoms with E-state index in [1.165, 1.54) is 0 Å². The Balaban J connectivity index is 4.64. The van der Waals surface area contributed by atoms with Gasteiger partial charge in [0, 0.05) is 13.1 Å². The molecule has 0 aromatic carbocycles. The van der Waals surface area contributed by atoms with Crippen LogP contribution in [-0.2, 0) is 4.79 Å². The van der Waals surface area contributed by atoms with E-state index >= 15 is 0 Å². The van der Waals surface area contributed by atoms with Crippen LogP contribution in [0.25, 0.3) is 0 Å². The lowest BCUT2D eigenvalue weighted by atomic mass is 9.96. The van der Waals surface area contributed by atoms with Crippen LogP contribution in [0.2, 0.25) is 0 Å². The van der Waals surface area contributed by atoms with Crippen molar-refractivity contribution < 1.29 is 4.79 Å². The predicted octanol–water partition coefficient (Wildman–Crippen LogP) is 2.21. The molecule has 0 heterocycles. The SMILES string of the molecule is C=C(C)CN(CC)C(=O)C(C#N)C(C)C. The van der Waals surface area contributed by atoms with Crippen molar-refractivity contribution in [2.24, 2.45) is 11.8 Å². The highest BCUT2D eigenvalue weighted by molar-refractivity contribution is 5.81. The summed E-state index contributed by atoms with van der Waals surface area (Å²) in [5, 5.41) is 8.93. The Kier molecular flexibility index (Phi) is 5.69. The molecule has 1 amide bonds. The lowest BCUT2D eigenvalue weighted by molar-refractivity contribution is -0.134. The third-order valence-electron chi connectivity index (χ3n) is 2.23. The lowest BCUT2D eigenvalue weighted by Crippen LogP contribution is -2.38. The van der Waals surface area contributed by atoms with Crippen LogP contribution in [0, 0.1) is 23.2 Å². The second-order valence-corrected chi connectivity index (χ2v) is 4.16. The van der Waals surface area contributed by atoms with Crippen LogP contribution in [0.1, 0.15) is 27.7 Å². The molecular weight excluding hydrogens is 188 g/mol. The summed E-state index contributed by atoms with van der Waals surface area (Å²) in [6.45, 7) is 12.5. The van der Waals surface area contributed by atoms with Crippen molar-refractivity contribution >= 4 is 5.91 Å². The van der Waals surface area contributed by atoms with Crippen LogP contribution >= 0.6 is 0 Å². The summed E-state index contributed by atoms with van der Waals surface area (Å²) >= 11 is 0. The third-order valence-corrected chi connectivity index (χ3v) is 2.23. The van der Waals surface area contributed by atoms with Gasteiger partial charge in [0.2, 0.25) is 5.91 Å². The first-order valence-corrected chi connectivity index (χ1v) is 5.26. The molecule has 0 aliphatic heterocycles. The van der Waals surface area contributed by atoms with E-state index < -0.39 is 5.92 Å². The molecule has 0 radical (unpaired) electrons. The highest BCUT2D eigenvalue weighted by atomic mass is 16.2. The van der Waals surface area contributed by atoms with Crippen LogP contribution < -0.4 is 0 Å². The molecule has 0 rings (SSSR count). The number of hydrogen-bond donors (Lipinski definition) is 0. The molecule has 0 aromatic heterocycles. The minimum Gasteiger partial charge on any atom is -0.338 e. The summed E-state index contributed by atoms with van der Waals surface area (Å²) < 4.78 is 0. The van der Waals surface area contributed by atoms with Gasteiger partial charge in [-0.3, -0.25) is 4.79 Å². The Morgan fingerprint density at radius 1 is 1.53 bits per heavy atom. The molecule has 1 atom stereocenters. The minimum atomic E-state index is -0.538. The summed E-state index contributed by atoms with van der Waals surface area (Å²) in [4.78, 5) is 13.6. The van der Waals surface area contributed by atoms with Gasteiger partial charge < -0.3 is 4.90 Å². The average Bonchev–Trinajstić information content (AvgIpc) is 2.14. The highest BCUT2D eigenvalue weighted by Crippen LogP contribution is 2.14. The van der Waals surface area contributed by atoms with Crippen LogP contribution in [0.5, 0.6) is 0 Å². The Labute approximate surface area is 92.4 Å². The first-order chi connectivity index (χ1) is 6.93. The molecule has 0 spiro atoms. The van der Waals surface area contributed by atoms with E-state index in [1.807, 2.05) is 27.7 Å². The van der Waals surface area contributed by atoms with Gasteiger partial charge in [-0.15, -0.1) is 0 Å². The second-order valence-electron chi connectivity index (χ2n) is 4.16. The molecule has 0 saturated heterocycles. The number of rotatable bonds is 5. The minimum absolute atomic E-state index is 0.0571. The van der Waals surface area contributed by atoms with Gasteiger partial charge in [-0.05, 0) is 19.8 Å². The van der Waals surface area contributed by atoms with E-state index in [4.69, 9.17) is 5.26 Å². The molecule has 0 aliphatic rings. The molecule has 0 bridgehead atoms. The van der Waals surface area contributed by atoms with Crippen molar-refractivity contribution in [1.29, 1.82) is 5.26 Å². The van der Waals surface area contributed by atoms with Crippen molar-refractivity contribution in [2.75, 3.05) is 13.1 Å². The molecule has 0 saturated carbocycles. The number of likely N-dealkylation sites (N-methyl/N-ethyl adjacent to an activating group) is 1. The zero-order valence-electron chi connectivity index (χ0n) is 10.1. The second kappa shape index (κ2) is 6.23. The summed E-state index contributed by atoms with van der Waals surface area (Å²) in [6.07, 6.45) is 0. The quantitative estimate of drug-likeness (QED) is 0.650. The van der Waals surface area contributed by atoms with Gasteiger partial charge in [0.05, 0.1) is 6.07 Å². The van der Waals surface area contributed by atoms with Crippen LogP contribution in [0.4, 0.5) is 0 Å². The maximum absolute atomic E-state index is 11.9. The van der Waals surface area contributed by atoms with Gasteiger partial charge in [0.1, 0.15) is 5.92 Å². The molecule has 0 fully saturated rings. The van der Waals surface area contributed by atoms with Crippen LogP contribution in [0.15, 0.2) is 12.2 Å². The molecule has 0 aliphatic carbocycles. The third kappa shape index (κ3) is 4.16. The largest absolute Gasteiger partial charge is 0.338 e. The fraction of sp³-hybridized carbons (Fsp3) is 0.667. The van der Waals surface area contributed by atoms with Gasteiger partial charge in [-0.1, -0.05) is 26.0 Å². The molecule has 15 heavy (non-hydrogen) atoms. The van der Waals surface area contributed by atoms with Gasteiger partial charge in [0.15, 0.2) is 0 Å². The Bertz CT molecular complexity index is 276. The normalized spacial score (nSPS) is 12.0. The fourth-order valence-electron chi connectivity index (χ4n) is 1.36. The first kappa shape index (κ1) is 13.7. The average molecular weight is 208 g/mol. The van der Waals surface area contributed by atoms with Crippen molar-refractivity contribution in [1.82, 2.24) is 4.90 Å². The van der Waals surface area contributed by atoms with E-state index in [-0.39, 0.29) is 11.8 Å². The maximum Gasteiger partial charge on any atom is 0.240 e. The van der Waals surface area contributed by atoms with E-state index in [1.54, 1.807) is 4.90 Å². The monoisotopic (exact) mass is 208 g/mol. The van der Waals surface area contributed by atoms with Crippen molar-refractivity contribution in [2.45, 2.75) is 27.7 Å². The topological polar surface area (TPSA) is 44.1 Å². The van der Waals surface area contributed by atoms with E-state index in [0.29, 0.717) is 13.1 Å². The number of amides is 1. The van der Waals surface area contributed by atoms with Crippen molar-refractivity contribution in [3.8, 4) is 6.07 Å². The van der Waals surface area contributed by atoms with Gasteiger partial charge in [0.25, 0.3) is 0 Å². The molecule has 3 heteroatoms. The molecule has 3 nitrogen and oxygen atoms in total. The summed E-state index contributed by atoms with van der Waals surface area (Å²) in [6, 6.07) is 2.07. The summed E-state index contributed by atoms with van der Waals surface area (Å²) in [7, 11) is 0. The Morgan fingerprint density at radius 3 is 2.33 bits per heavy atom. The fourth-order valence-corrected chi connectivity index (χ4v) is 1.36. The maximum atomic E-state index is 11.9. The number of hydrogen-bond acceptors (Lipinski definition) is 2. The van der Waals surface area contributed by atoms with E-state index in [2.05, 4.69) is 12.6 Å². The van der Waals surface area contributed by atoms with Gasteiger partial charge in [-0.25, -0.2) is 0 Å². The van der Waals surface area contributed by atoms with Crippen molar-refractivity contribution in [3.05, 3.63) is 12.2 Å². The molecule has 1 unspecified atom stereocenters. The Morgan fingerprint density at radius 2 is 2.07 bits per heavy atom. The standard InChI is InChI=1S/C12H20N2O/c1-6-14(8-9(2)3)12(15)11(7-13)10(4)5/h10-11H,2,6,8H2,1,3-5H3. The molecule has 84 valence electrons. The smallest absolute Gasteiger partial charge is 0.240 e. The molecular formula is C12H20N2O. The number of nitrogens with zero attached hydrogens (tertiary/aromatic N) is 2. The highest BCUT2D eigenvalue weighted by Gasteiger charge is 2.25. The van der Waals surface area contributed by atoms with Crippen LogP contribution in [-0.4, -0.2) is 23.9 Å². The van der Waals surface area contributed by atoms with Crippen LogP contribution in [0.3, 0.4) is 0 Å². The Hall–Kier alpha value is -1.30. The van der Waals surface area contributed by atoms with E-state index in [0.717, 1.165) is 5.57 Å². The lowest BCUT2D eigenvalue weighted by Gasteiger charge is -2.24. The van der Waals surface area contributed by atoms with E-state index in [9.17, 15) is 4.79 Å². The predicted molar refractivity (Wildman–Crippen MR) is 61.0 cm³/mol. The number of carbonyl (C=O) groups is 1. The number of carbonyl (C=O) groups excluding carboxylic acids is 1. The van der Waals surface area contributed by atoms with Crippen molar-refractivity contribution in [3.63, 3.8) is 0 Å². The molecule has 0 N–H and O–H groups in total. The molecule has 0 aromatic rings.